The summed E-state index contributed by atoms with van der Waals surface area (Å²) in [7, 11) is 0. The summed E-state index contributed by atoms with van der Waals surface area (Å²) in [6, 6.07) is 10.1. The van der Waals surface area contributed by atoms with Crippen molar-refractivity contribution in [1.29, 1.82) is 0 Å². The summed E-state index contributed by atoms with van der Waals surface area (Å²) in [6.07, 6.45) is 9.80. The molecule has 1 aromatic carbocycles. The van der Waals surface area contributed by atoms with Gasteiger partial charge in [0.1, 0.15) is 12.4 Å². The molecule has 2 atom stereocenters. The van der Waals surface area contributed by atoms with Gasteiger partial charge in [-0.1, -0.05) is 55.3 Å². The fourth-order valence-corrected chi connectivity index (χ4v) is 4.17. The molecule has 2 N–H and O–H groups in total. The number of aromatic amines is 1. The number of aliphatic hydroxyl groups is 1. The van der Waals surface area contributed by atoms with Crippen LogP contribution in [0.2, 0.25) is 0 Å². The summed E-state index contributed by atoms with van der Waals surface area (Å²) in [5.74, 6) is 0.811. The minimum atomic E-state index is -0.553. The number of aromatic nitrogens is 4. The number of unbranched alkanes of at least 4 members (excludes halogenated alkanes) is 3. The zero-order valence-electron chi connectivity index (χ0n) is 17.1. The molecule has 8 nitrogen and oxygen atoms in total. The van der Waals surface area contributed by atoms with E-state index in [1.807, 2.05) is 30.4 Å². The van der Waals surface area contributed by atoms with Crippen LogP contribution in [0.1, 0.15) is 49.9 Å². The van der Waals surface area contributed by atoms with Gasteiger partial charge in [0, 0.05) is 18.4 Å². The van der Waals surface area contributed by atoms with Gasteiger partial charge >= 0.3 is 6.09 Å². The van der Waals surface area contributed by atoms with E-state index in [0.717, 1.165) is 50.8 Å². The van der Waals surface area contributed by atoms with Crippen molar-refractivity contribution in [3.63, 3.8) is 0 Å². The first kappa shape index (κ1) is 20.5. The molecule has 0 radical (unpaired) electrons. The first-order chi connectivity index (χ1) is 14.7. The second-order valence-electron chi connectivity index (χ2n) is 8.20. The van der Waals surface area contributed by atoms with E-state index in [2.05, 4.69) is 32.8 Å². The maximum absolute atomic E-state index is 12.1. The van der Waals surface area contributed by atoms with Crippen molar-refractivity contribution in [2.75, 3.05) is 13.2 Å². The Morgan fingerprint density at radius 3 is 2.77 bits per heavy atom. The fraction of sp³-hybridized carbons (Fsp3) is 0.545. The molecule has 0 spiro atoms. The van der Waals surface area contributed by atoms with E-state index in [1.54, 1.807) is 4.90 Å². The molecule has 1 saturated carbocycles. The summed E-state index contributed by atoms with van der Waals surface area (Å²) in [5, 5.41) is 24.6. The monoisotopic (exact) mass is 411 g/mol. The van der Waals surface area contributed by atoms with E-state index >= 15 is 0 Å². The van der Waals surface area contributed by atoms with Crippen molar-refractivity contribution in [3.8, 4) is 0 Å². The highest BCUT2D eigenvalue weighted by Gasteiger charge is 2.49. The summed E-state index contributed by atoms with van der Waals surface area (Å²) in [6.45, 7) is 1.01. The maximum atomic E-state index is 12.1. The maximum Gasteiger partial charge on any atom is 0.410 e. The van der Waals surface area contributed by atoms with E-state index in [9.17, 15) is 9.90 Å². The Morgan fingerprint density at radius 1 is 1.23 bits per heavy atom. The topological polar surface area (TPSA) is 104 Å². The number of nitrogens with zero attached hydrogens (tertiary/aromatic N) is 4. The Labute approximate surface area is 176 Å². The first-order valence-corrected chi connectivity index (χ1v) is 10.8. The highest BCUT2D eigenvalue weighted by atomic mass is 16.6. The molecule has 2 unspecified atom stereocenters. The van der Waals surface area contributed by atoms with Gasteiger partial charge in [-0.3, -0.25) is 4.90 Å². The van der Waals surface area contributed by atoms with Gasteiger partial charge in [-0.15, -0.1) is 5.10 Å². The molecule has 0 bridgehead atoms. The molecule has 160 valence electrons. The molecule has 1 amide bonds. The average molecular weight is 412 g/mol. The molecular weight excluding hydrogens is 382 g/mol. The van der Waals surface area contributed by atoms with Crippen LogP contribution in [0.15, 0.2) is 42.5 Å². The lowest BCUT2D eigenvalue weighted by Crippen LogP contribution is -2.33. The molecule has 2 heterocycles. The lowest BCUT2D eigenvalue weighted by atomic mass is 9.89. The largest absolute Gasteiger partial charge is 0.447 e. The normalized spacial score (nSPS) is 21.2. The Morgan fingerprint density at radius 2 is 2.03 bits per heavy atom. The number of cyclic esters (lactones) is 1. The van der Waals surface area contributed by atoms with E-state index < -0.39 is 6.10 Å². The third kappa shape index (κ3) is 4.70. The Balaban J connectivity index is 1.23. The number of rotatable bonds is 11. The third-order valence-electron chi connectivity index (χ3n) is 6.18. The number of hydrogen-bond acceptors (Lipinski definition) is 6. The molecule has 1 aromatic heterocycles. The minimum Gasteiger partial charge on any atom is -0.447 e. The van der Waals surface area contributed by atoms with Crippen LogP contribution < -0.4 is 0 Å². The number of hydrogen-bond donors (Lipinski definition) is 2. The molecule has 8 heteroatoms. The number of ether oxygens (including phenoxy) is 1. The molecule has 2 fully saturated rings. The average Bonchev–Trinajstić information content (AvgIpc) is 3.28. The molecule has 2 aliphatic rings. The van der Waals surface area contributed by atoms with E-state index in [4.69, 9.17) is 4.74 Å². The highest BCUT2D eigenvalue weighted by molar-refractivity contribution is 5.70. The lowest BCUT2D eigenvalue weighted by molar-refractivity contribution is 0.157. The minimum absolute atomic E-state index is 0.112. The number of aryl methyl sites for hydroxylation is 1. The molecule has 1 aliphatic heterocycles. The molecule has 30 heavy (non-hydrogen) atoms. The van der Waals surface area contributed by atoms with Crippen LogP contribution in [-0.4, -0.2) is 62.0 Å². The van der Waals surface area contributed by atoms with Crippen molar-refractivity contribution in [1.82, 2.24) is 25.5 Å². The summed E-state index contributed by atoms with van der Waals surface area (Å²) in [5.41, 5.74) is 1.00. The number of carbonyl (C=O) groups is 1. The number of aliphatic hydroxyl groups excluding tert-OH is 1. The smallest absolute Gasteiger partial charge is 0.410 e. The van der Waals surface area contributed by atoms with E-state index in [1.165, 1.54) is 5.56 Å². The summed E-state index contributed by atoms with van der Waals surface area (Å²) >= 11 is 0. The number of carbonyl (C=O) groups excluding carboxylic acids is 1. The molecule has 4 rings (SSSR count). The zero-order valence-corrected chi connectivity index (χ0v) is 17.1. The van der Waals surface area contributed by atoms with Gasteiger partial charge in [-0.05, 0) is 41.7 Å². The number of nitrogens with one attached hydrogen (secondary N) is 1. The fourth-order valence-electron chi connectivity index (χ4n) is 4.17. The summed E-state index contributed by atoms with van der Waals surface area (Å²) < 4.78 is 5.25. The van der Waals surface area contributed by atoms with Crippen LogP contribution in [0.4, 0.5) is 4.79 Å². The van der Waals surface area contributed by atoms with Crippen molar-refractivity contribution < 1.29 is 14.6 Å². The number of H-pyrrole nitrogens is 1. The Kier molecular flexibility index (Phi) is 6.42. The predicted molar refractivity (Wildman–Crippen MR) is 111 cm³/mol. The molecular formula is C22H29N5O3. The van der Waals surface area contributed by atoms with Crippen LogP contribution in [0.5, 0.6) is 0 Å². The zero-order chi connectivity index (χ0) is 20.8. The second-order valence-corrected chi connectivity index (χ2v) is 8.20. The molecule has 2 aromatic rings. The Hall–Kier alpha value is -2.74. The van der Waals surface area contributed by atoms with Gasteiger partial charge in [0.2, 0.25) is 0 Å². The molecule has 1 saturated heterocycles. The van der Waals surface area contributed by atoms with Gasteiger partial charge in [0.05, 0.1) is 12.1 Å². The number of amides is 1. The standard InChI is InChI=1S/C22H29N5O3/c28-19(22(13-14-22)17-8-4-3-5-9-17)12-11-18-16-30-21(29)27(18)15-7-2-1-6-10-20-23-25-26-24-20/h3-5,8-9,11-12,18-19,28H,1-2,6-7,10,13-16H2,(H,23,24,25,26). The van der Waals surface area contributed by atoms with Crippen LogP contribution >= 0.6 is 0 Å². The predicted octanol–water partition coefficient (Wildman–Crippen LogP) is 2.77. The van der Waals surface area contributed by atoms with Crippen LogP contribution in [-0.2, 0) is 16.6 Å². The number of tetrazole rings is 1. The van der Waals surface area contributed by atoms with Crippen molar-refractivity contribution >= 4 is 6.09 Å². The third-order valence-corrected chi connectivity index (χ3v) is 6.18. The SMILES string of the molecule is O=C1OCC(C=CC(O)C2(c3ccccc3)CC2)N1CCCCCCc1nnn[nH]1. The lowest BCUT2D eigenvalue weighted by Gasteiger charge is -2.22. The number of benzene rings is 1. The Bertz CT molecular complexity index is 836. The quantitative estimate of drug-likeness (QED) is 0.435. The van der Waals surface area contributed by atoms with E-state index in [-0.39, 0.29) is 17.6 Å². The second kappa shape index (κ2) is 9.38. The van der Waals surface area contributed by atoms with Crippen LogP contribution in [0.25, 0.3) is 0 Å². The van der Waals surface area contributed by atoms with Gasteiger partial charge in [0.25, 0.3) is 0 Å². The molecule has 1 aliphatic carbocycles. The first-order valence-electron chi connectivity index (χ1n) is 10.8. The van der Waals surface area contributed by atoms with E-state index in [0.29, 0.717) is 13.2 Å². The van der Waals surface area contributed by atoms with Gasteiger partial charge in [0.15, 0.2) is 0 Å². The summed E-state index contributed by atoms with van der Waals surface area (Å²) in [4.78, 5) is 13.9. The van der Waals surface area contributed by atoms with Gasteiger partial charge in [-0.2, -0.15) is 0 Å². The highest BCUT2D eigenvalue weighted by Crippen LogP contribution is 2.51. The van der Waals surface area contributed by atoms with Gasteiger partial charge in [-0.25, -0.2) is 9.89 Å². The van der Waals surface area contributed by atoms with Crippen LogP contribution in [0, 0.1) is 0 Å². The van der Waals surface area contributed by atoms with Crippen molar-refractivity contribution in [2.24, 2.45) is 0 Å². The van der Waals surface area contributed by atoms with Crippen molar-refractivity contribution in [3.05, 3.63) is 53.9 Å². The van der Waals surface area contributed by atoms with Crippen molar-refractivity contribution in [2.45, 2.75) is 62.5 Å². The van der Waals surface area contributed by atoms with Crippen LogP contribution in [0.3, 0.4) is 0 Å². The van der Waals surface area contributed by atoms with Gasteiger partial charge < -0.3 is 9.84 Å².